The SMILES string of the molecule is Cn1ccc2ccc(-c3cc(NC(c4cccnc4)C4CCN(C(=O)OC(C)(C)C)CC4)cc4nccnc34)cc21. The molecule has 0 saturated carbocycles. The highest BCUT2D eigenvalue weighted by Gasteiger charge is 2.32. The van der Waals surface area contributed by atoms with Gasteiger partial charge in [0.2, 0.25) is 0 Å². The van der Waals surface area contributed by atoms with E-state index in [9.17, 15) is 4.79 Å². The maximum atomic E-state index is 12.7. The van der Waals surface area contributed by atoms with E-state index in [2.05, 4.69) is 75.6 Å². The number of fused-ring (bicyclic) bond motifs is 2. The Bertz CT molecular complexity index is 1680. The predicted octanol–water partition coefficient (Wildman–Crippen LogP) is 6.98. The molecule has 6 rings (SSSR count). The number of ether oxygens (including phenoxy) is 1. The average Bonchev–Trinajstić information content (AvgIpc) is 3.35. The molecule has 3 aromatic heterocycles. The lowest BCUT2D eigenvalue weighted by Gasteiger charge is -2.37. The first-order valence-electron chi connectivity index (χ1n) is 14.2. The second-order valence-electron chi connectivity index (χ2n) is 11.9. The van der Waals surface area contributed by atoms with E-state index in [0.29, 0.717) is 19.0 Å². The third-order valence-electron chi connectivity index (χ3n) is 7.80. The summed E-state index contributed by atoms with van der Waals surface area (Å²) < 4.78 is 7.76. The summed E-state index contributed by atoms with van der Waals surface area (Å²) in [6.45, 7) is 7.02. The topological polar surface area (TPSA) is 85.2 Å². The van der Waals surface area contributed by atoms with E-state index >= 15 is 0 Å². The van der Waals surface area contributed by atoms with Gasteiger partial charge in [-0.3, -0.25) is 15.0 Å². The zero-order chi connectivity index (χ0) is 28.6. The number of amides is 1. The van der Waals surface area contributed by atoms with Crippen molar-refractivity contribution in [3.63, 3.8) is 0 Å². The average molecular weight is 549 g/mol. The monoisotopic (exact) mass is 548 g/mol. The summed E-state index contributed by atoms with van der Waals surface area (Å²) in [5.74, 6) is 0.304. The second kappa shape index (κ2) is 10.8. The summed E-state index contributed by atoms with van der Waals surface area (Å²) in [7, 11) is 2.06. The van der Waals surface area contributed by atoms with E-state index in [-0.39, 0.29) is 12.1 Å². The highest BCUT2D eigenvalue weighted by molar-refractivity contribution is 5.97. The number of aromatic nitrogens is 4. The number of aryl methyl sites for hydroxylation is 1. The largest absolute Gasteiger partial charge is 0.444 e. The minimum atomic E-state index is -0.505. The highest BCUT2D eigenvalue weighted by atomic mass is 16.6. The zero-order valence-corrected chi connectivity index (χ0v) is 24.0. The fourth-order valence-electron chi connectivity index (χ4n) is 5.76. The van der Waals surface area contributed by atoms with Gasteiger partial charge in [0, 0.05) is 67.9 Å². The molecule has 1 fully saturated rings. The minimum Gasteiger partial charge on any atom is -0.444 e. The number of rotatable bonds is 5. The van der Waals surface area contributed by atoms with Gasteiger partial charge in [-0.15, -0.1) is 0 Å². The lowest BCUT2D eigenvalue weighted by Crippen LogP contribution is -2.43. The number of hydrogen-bond donors (Lipinski definition) is 1. The van der Waals surface area contributed by atoms with Crippen LogP contribution < -0.4 is 5.32 Å². The van der Waals surface area contributed by atoms with Crippen molar-refractivity contribution >= 4 is 33.7 Å². The number of piperidine rings is 1. The number of benzene rings is 2. The van der Waals surface area contributed by atoms with E-state index in [1.54, 1.807) is 18.6 Å². The van der Waals surface area contributed by atoms with Crippen molar-refractivity contribution in [3.8, 4) is 11.1 Å². The maximum Gasteiger partial charge on any atom is 0.410 e. The summed E-state index contributed by atoms with van der Waals surface area (Å²) in [6.07, 6.45) is 10.8. The van der Waals surface area contributed by atoms with Gasteiger partial charge in [-0.25, -0.2) is 4.79 Å². The maximum absolute atomic E-state index is 12.7. The van der Waals surface area contributed by atoms with Crippen LogP contribution in [0.25, 0.3) is 33.1 Å². The molecule has 41 heavy (non-hydrogen) atoms. The quantitative estimate of drug-likeness (QED) is 0.255. The molecular formula is C33H36N6O2. The van der Waals surface area contributed by atoms with Crippen molar-refractivity contribution in [3.05, 3.63) is 85.1 Å². The van der Waals surface area contributed by atoms with Gasteiger partial charge in [0.15, 0.2) is 0 Å². The van der Waals surface area contributed by atoms with E-state index in [1.165, 1.54) is 10.9 Å². The standard InChI is InChI=1S/C33H36N6O2/c1-33(2,3)41-32(40)39-16-10-23(11-17-39)30(25-6-5-12-34-21-25)37-26-19-27(31-28(20-26)35-13-14-36-31)24-8-7-22-9-15-38(4)29(22)18-24/h5-9,12-15,18-21,23,30,37H,10-11,16-17H2,1-4H3. The molecule has 0 aliphatic carbocycles. The van der Waals surface area contributed by atoms with E-state index in [4.69, 9.17) is 9.72 Å². The summed E-state index contributed by atoms with van der Waals surface area (Å²) in [6, 6.07) is 17.0. The number of hydrogen-bond acceptors (Lipinski definition) is 6. The molecule has 1 unspecified atom stereocenters. The third kappa shape index (κ3) is 5.73. The summed E-state index contributed by atoms with van der Waals surface area (Å²) in [4.78, 5) is 28.3. The van der Waals surface area contributed by atoms with Crippen LogP contribution in [0.5, 0.6) is 0 Å². The van der Waals surface area contributed by atoms with Crippen molar-refractivity contribution in [2.75, 3.05) is 18.4 Å². The van der Waals surface area contributed by atoms with Crippen molar-refractivity contribution in [1.29, 1.82) is 0 Å². The summed E-state index contributed by atoms with van der Waals surface area (Å²) in [5, 5.41) is 5.05. The van der Waals surface area contributed by atoms with Crippen LogP contribution in [-0.2, 0) is 11.8 Å². The molecule has 4 heterocycles. The minimum absolute atomic E-state index is 0.0156. The van der Waals surface area contributed by atoms with Gasteiger partial charge in [-0.2, -0.15) is 0 Å². The van der Waals surface area contributed by atoms with Crippen LogP contribution in [0.1, 0.15) is 45.2 Å². The first kappa shape index (κ1) is 26.7. The third-order valence-corrected chi connectivity index (χ3v) is 7.80. The molecule has 8 heteroatoms. The van der Waals surface area contributed by atoms with Crippen LogP contribution in [0, 0.1) is 5.92 Å². The number of carbonyl (C=O) groups is 1. The van der Waals surface area contributed by atoms with Crippen LogP contribution in [0.15, 0.2) is 79.5 Å². The number of nitrogens with zero attached hydrogens (tertiary/aromatic N) is 5. The zero-order valence-electron chi connectivity index (χ0n) is 24.0. The Hall–Kier alpha value is -4.46. The van der Waals surface area contributed by atoms with Gasteiger partial charge in [-0.05, 0) is 86.4 Å². The van der Waals surface area contributed by atoms with Crippen molar-refractivity contribution < 1.29 is 9.53 Å². The molecule has 2 aromatic carbocycles. The molecule has 0 radical (unpaired) electrons. The Balaban J connectivity index is 1.33. The fourth-order valence-corrected chi connectivity index (χ4v) is 5.76. The number of likely N-dealkylation sites (tertiary alicyclic amines) is 1. The molecular weight excluding hydrogens is 512 g/mol. The number of pyridine rings is 1. The Labute approximate surface area is 240 Å². The van der Waals surface area contributed by atoms with Crippen molar-refractivity contribution in [1.82, 2.24) is 24.4 Å². The lowest BCUT2D eigenvalue weighted by atomic mass is 9.85. The molecule has 0 bridgehead atoms. The Morgan fingerprint density at radius 2 is 1.83 bits per heavy atom. The van der Waals surface area contributed by atoms with Crippen LogP contribution in [0.2, 0.25) is 0 Å². The normalized spacial score (nSPS) is 15.3. The molecule has 1 saturated heterocycles. The van der Waals surface area contributed by atoms with Crippen LogP contribution in [0.3, 0.4) is 0 Å². The van der Waals surface area contributed by atoms with Gasteiger partial charge in [0.1, 0.15) is 5.60 Å². The first-order valence-corrected chi connectivity index (χ1v) is 14.2. The molecule has 0 spiro atoms. The van der Waals surface area contributed by atoms with Crippen molar-refractivity contribution in [2.45, 2.75) is 45.3 Å². The van der Waals surface area contributed by atoms with Crippen molar-refractivity contribution in [2.24, 2.45) is 13.0 Å². The van der Waals surface area contributed by atoms with Crippen LogP contribution in [0.4, 0.5) is 10.5 Å². The lowest BCUT2D eigenvalue weighted by molar-refractivity contribution is 0.0177. The molecule has 1 aliphatic rings. The Morgan fingerprint density at radius 1 is 1.02 bits per heavy atom. The fraction of sp³-hybridized carbons (Fsp3) is 0.333. The smallest absolute Gasteiger partial charge is 0.410 e. The molecule has 1 amide bonds. The van der Waals surface area contributed by atoms with Gasteiger partial charge >= 0.3 is 6.09 Å². The summed E-state index contributed by atoms with van der Waals surface area (Å²) >= 11 is 0. The molecule has 1 N–H and O–H groups in total. The predicted molar refractivity (Wildman–Crippen MR) is 163 cm³/mol. The van der Waals surface area contributed by atoms with Gasteiger partial charge in [-0.1, -0.05) is 18.2 Å². The first-order chi connectivity index (χ1) is 19.7. The molecule has 1 aliphatic heterocycles. The number of nitrogens with one attached hydrogen (secondary N) is 1. The Morgan fingerprint density at radius 3 is 2.59 bits per heavy atom. The highest BCUT2D eigenvalue weighted by Crippen LogP contribution is 2.37. The Kier molecular flexibility index (Phi) is 7.07. The number of anilines is 1. The van der Waals surface area contributed by atoms with E-state index in [0.717, 1.165) is 46.3 Å². The number of carbonyl (C=O) groups excluding carboxylic acids is 1. The van der Waals surface area contributed by atoms with Crippen LogP contribution >= 0.6 is 0 Å². The molecule has 1 atom stereocenters. The summed E-state index contributed by atoms with van der Waals surface area (Å²) in [5.41, 5.74) is 6.60. The molecule has 8 nitrogen and oxygen atoms in total. The van der Waals surface area contributed by atoms with Crippen LogP contribution in [-0.4, -0.2) is 49.2 Å². The van der Waals surface area contributed by atoms with E-state index in [1.807, 2.05) is 37.9 Å². The van der Waals surface area contributed by atoms with Gasteiger partial charge < -0.3 is 19.5 Å². The second-order valence-corrected chi connectivity index (χ2v) is 11.9. The van der Waals surface area contributed by atoms with E-state index < -0.39 is 5.60 Å². The van der Waals surface area contributed by atoms with Gasteiger partial charge in [0.25, 0.3) is 0 Å². The molecule has 210 valence electrons. The van der Waals surface area contributed by atoms with Gasteiger partial charge in [0.05, 0.1) is 17.1 Å². The molecule has 5 aromatic rings.